The molecule has 0 radical (unpaired) electrons. The molecule has 27 heavy (non-hydrogen) atoms. The quantitative estimate of drug-likeness (QED) is 0.561. The Morgan fingerprint density at radius 1 is 1.30 bits per heavy atom. The summed E-state index contributed by atoms with van der Waals surface area (Å²) in [5.74, 6) is -1.01. The topological polar surface area (TPSA) is 81.7 Å². The van der Waals surface area contributed by atoms with Gasteiger partial charge in [-0.2, -0.15) is 0 Å². The minimum absolute atomic E-state index is 0.0424. The zero-order chi connectivity index (χ0) is 19.0. The number of carbonyl (C=O) groups is 2. The molecular weight excluding hydrogens is 342 g/mol. The highest BCUT2D eigenvalue weighted by molar-refractivity contribution is 5.90. The van der Waals surface area contributed by atoms with Gasteiger partial charge in [-0.3, -0.25) is 14.8 Å². The molecule has 4 rings (SSSR count). The number of nitrogens with zero attached hydrogens (tertiary/aromatic N) is 1. The first kappa shape index (κ1) is 18.2. The fourth-order valence-electron chi connectivity index (χ4n) is 4.51. The number of hydroxylamine groups is 1. The number of benzene rings is 1. The van der Waals surface area contributed by atoms with Gasteiger partial charge in [0.05, 0.1) is 12.0 Å². The zero-order valence-electron chi connectivity index (χ0n) is 15.7. The third kappa shape index (κ3) is 3.51. The van der Waals surface area contributed by atoms with Crippen molar-refractivity contribution in [2.24, 2.45) is 11.3 Å². The van der Waals surface area contributed by atoms with E-state index in [9.17, 15) is 9.59 Å². The maximum Gasteiger partial charge on any atom is 0.248 e. The lowest BCUT2D eigenvalue weighted by atomic mass is 9.81. The van der Waals surface area contributed by atoms with Crippen molar-refractivity contribution in [3.8, 4) is 0 Å². The summed E-state index contributed by atoms with van der Waals surface area (Å²) in [6.07, 6.45) is 5.77. The molecule has 1 saturated heterocycles. The lowest BCUT2D eigenvalue weighted by molar-refractivity contribution is -0.144. The highest BCUT2D eigenvalue weighted by Gasteiger charge is 2.52. The Hall–Kier alpha value is -2.18. The lowest BCUT2D eigenvalue weighted by Crippen LogP contribution is -2.59. The third-order valence-corrected chi connectivity index (χ3v) is 6.43. The van der Waals surface area contributed by atoms with E-state index in [-0.39, 0.29) is 11.3 Å². The van der Waals surface area contributed by atoms with Gasteiger partial charge in [0, 0.05) is 19.6 Å². The molecular formula is C21H27N3O3. The van der Waals surface area contributed by atoms with E-state index in [1.807, 2.05) is 17.0 Å². The van der Waals surface area contributed by atoms with E-state index < -0.39 is 17.9 Å². The minimum atomic E-state index is -0.559. The highest BCUT2D eigenvalue weighted by atomic mass is 16.5. The van der Waals surface area contributed by atoms with Crippen LogP contribution in [0.4, 0.5) is 0 Å². The number of amides is 2. The molecule has 2 fully saturated rings. The molecule has 6 nitrogen and oxygen atoms in total. The molecule has 2 atom stereocenters. The summed E-state index contributed by atoms with van der Waals surface area (Å²) in [6, 6.07) is 7.74. The second-order valence-electron chi connectivity index (χ2n) is 8.22. The van der Waals surface area contributed by atoms with Crippen molar-refractivity contribution >= 4 is 17.4 Å². The predicted molar refractivity (Wildman–Crippen MR) is 102 cm³/mol. The van der Waals surface area contributed by atoms with Crippen LogP contribution in [0.5, 0.6) is 0 Å². The van der Waals surface area contributed by atoms with Gasteiger partial charge in [0.25, 0.3) is 0 Å². The monoisotopic (exact) mass is 369 g/mol. The normalized spacial score (nSPS) is 26.4. The maximum absolute atomic E-state index is 13.1. The summed E-state index contributed by atoms with van der Waals surface area (Å²) in [5.41, 5.74) is 5.67. The molecule has 1 saturated carbocycles. The van der Waals surface area contributed by atoms with Gasteiger partial charge in [0.2, 0.25) is 11.8 Å². The van der Waals surface area contributed by atoms with Crippen molar-refractivity contribution in [2.45, 2.75) is 38.6 Å². The third-order valence-electron chi connectivity index (χ3n) is 6.43. The van der Waals surface area contributed by atoms with Crippen molar-refractivity contribution in [1.82, 2.24) is 15.7 Å². The number of hydrogen-bond acceptors (Lipinski definition) is 4. The SMILES string of the molecule is Cc1ccccc1C1=CCN(C(=O)C2NCC3(CC3)CC2C(=O)NO)CC1. The van der Waals surface area contributed by atoms with Crippen LogP contribution >= 0.6 is 0 Å². The van der Waals surface area contributed by atoms with Gasteiger partial charge in [-0.25, -0.2) is 5.48 Å². The molecule has 2 amide bonds. The van der Waals surface area contributed by atoms with Crippen LogP contribution in [-0.4, -0.2) is 47.6 Å². The largest absolute Gasteiger partial charge is 0.337 e. The van der Waals surface area contributed by atoms with Crippen LogP contribution in [0.3, 0.4) is 0 Å². The fraction of sp³-hybridized carbons (Fsp3) is 0.524. The number of piperidine rings is 1. The summed E-state index contributed by atoms with van der Waals surface area (Å²) in [5, 5.41) is 12.4. The molecule has 3 aliphatic rings. The Labute approximate surface area is 159 Å². The van der Waals surface area contributed by atoms with Gasteiger partial charge in [0.15, 0.2) is 0 Å². The zero-order valence-corrected chi connectivity index (χ0v) is 15.7. The molecule has 1 spiro atoms. The van der Waals surface area contributed by atoms with Crippen LogP contribution in [0, 0.1) is 18.3 Å². The van der Waals surface area contributed by atoms with E-state index in [1.54, 1.807) is 5.48 Å². The average Bonchev–Trinajstić information content (AvgIpc) is 3.46. The molecule has 1 aromatic rings. The number of hydrogen-bond donors (Lipinski definition) is 3. The van der Waals surface area contributed by atoms with Crippen LogP contribution in [0.15, 0.2) is 30.3 Å². The molecule has 0 bridgehead atoms. The summed E-state index contributed by atoms with van der Waals surface area (Å²) in [6.45, 7) is 4.08. The van der Waals surface area contributed by atoms with Crippen molar-refractivity contribution in [2.75, 3.05) is 19.6 Å². The number of carbonyl (C=O) groups excluding carboxylic acids is 2. The molecule has 3 N–H and O–H groups in total. The average molecular weight is 369 g/mol. The Balaban J connectivity index is 1.46. The van der Waals surface area contributed by atoms with Crippen LogP contribution in [-0.2, 0) is 9.59 Å². The van der Waals surface area contributed by atoms with Crippen molar-refractivity contribution < 1.29 is 14.8 Å². The first-order valence-corrected chi connectivity index (χ1v) is 9.74. The van der Waals surface area contributed by atoms with E-state index in [0.29, 0.717) is 19.5 Å². The van der Waals surface area contributed by atoms with Gasteiger partial charge in [-0.1, -0.05) is 30.3 Å². The number of aryl methyl sites for hydroxylation is 1. The Morgan fingerprint density at radius 3 is 2.70 bits per heavy atom. The second-order valence-corrected chi connectivity index (χ2v) is 8.22. The van der Waals surface area contributed by atoms with Gasteiger partial charge >= 0.3 is 0 Å². The Morgan fingerprint density at radius 2 is 2.07 bits per heavy atom. The molecule has 2 unspecified atom stereocenters. The lowest BCUT2D eigenvalue weighted by Gasteiger charge is -2.38. The molecule has 1 aliphatic carbocycles. The van der Waals surface area contributed by atoms with E-state index in [2.05, 4.69) is 30.4 Å². The molecule has 2 heterocycles. The van der Waals surface area contributed by atoms with Crippen molar-refractivity contribution in [1.29, 1.82) is 0 Å². The van der Waals surface area contributed by atoms with Crippen LogP contribution in [0.1, 0.15) is 36.8 Å². The van der Waals surface area contributed by atoms with Crippen LogP contribution < -0.4 is 10.8 Å². The first-order chi connectivity index (χ1) is 13.0. The minimum Gasteiger partial charge on any atom is -0.337 e. The van der Waals surface area contributed by atoms with E-state index >= 15 is 0 Å². The van der Waals surface area contributed by atoms with E-state index in [1.165, 1.54) is 16.7 Å². The van der Waals surface area contributed by atoms with E-state index in [4.69, 9.17) is 5.21 Å². The molecule has 1 aromatic carbocycles. The van der Waals surface area contributed by atoms with Gasteiger partial charge < -0.3 is 10.2 Å². The summed E-state index contributed by atoms with van der Waals surface area (Å²) < 4.78 is 0. The molecule has 0 aromatic heterocycles. The molecule has 2 aliphatic heterocycles. The second kappa shape index (κ2) is 7.09. The summed E-state index contributed by atoms with van der Waals surface area (Å²) >= 11 is 0. The van der Waals surface area contributed by atoms with E-state index in [0.717, 1.165) is 25.8 Å². The van der Waals surface area contributed by atoms with Gasteiger partial charge in [-0.05, 0) is 54.7 Å². The standard InChI is InChI=1S/C21H27N3O3/c1-14-4-2-3-5-16(14)15-6-10-24(11-7-15)20(26)18-17(19(25)23-27)12-21(8-9-21)13-22-18/h2-6,17-18,22,27H,7-13H2,1H3,(H,23,25). The van der Waals surface area contributed by atoms with Crippen molar-refractivity contribution in [3.63, 3.8) is 0 Å². The summed E-state index contributed by atoms with van der Waals surface area (Å²) in [4.78, 5) is 27.1. The first-order valence-electron chi connectivity index (χ1n) is 9.74. The summed E-state index contributed by atoms with van der Waals surface area (Å²) in [7, 11) is 0. The number of rotatable bonds is 3. The Kier molecular flexibility index (Phi) is 4.78. The van der Waals surface area contributed by atoms with Crippen LogP contribution in [0.25, 0.3) is 5.57 Å². The molecule has 144 valence electrons. The van der Waals surface area contributed by atoms with Gasteiger partial charge in [0.1, 0.15) is 0 Å². The van der Waals surface area contributed by atoms with Gasteiger partial charge in [-0.15, -0.1) is 0 Å². The smallest absolute Gasteiger partial charge is 0.248 e. The van der Waals surface area contributed by atoms with Crippen molar-refractivity contribution in [3.05, 3.63) is 41.5 Å². The number of nitrogens with one attached hydrogen (secondary N) is 2. The molecule has 6 heteroatoms. The predicted octanol–water partition coefficient (Wildman–Crippen LogP) is 1.87. The Bertz CT molecular complexity index is 785. The van der Waals surface area contributed by atoms with Crippen LogP contribution in [0.2, 0.25) is 0 Å². The highest BCUT2D eigenvalue weighted by Crippen LogP contribution is 2.52. The fourth-order valence-corrected chi connectivity index (χ4v) is 4.51. The maximum atomic E-state index is 13.1.